The minimum Gasteiger partial charge on any atom is -0.462 e. The van der Waals surface area contributed by atoms with Crippen molar-refractivity contribution in [1.29, 1.82) is 0 Å². The van der Waals surface area contributed by atoms with Crippen LogP contribution in [0.15, 0.2) is 0 Å². The van der Waals surface area contributed by atoms with Gasteiger partial charge in [-0.05, 0) is 115 Å². The summed E-state index contributed by atoms with van der Waals surface area (Å²) in [6, 6.07) is 0. The van der Waals surface area contributed by atoms with E-state index in [0.717, 1.165) is 30.8 Å². The number of ether oxygens (including phenoxy) is 2. The van der Waals surface area contributed by atoms with E-state index in [1.165, 1.54) is 57.8 Å². The lowest BCUT2D eigenvalue weighted by Crippen LogP contribution is -2.67. The van der Waals surface area contributed by atoms with Crippen LogP contribution < -0.4 is 0 Å². The van der Waals surface area contributed by atoms with E-state index in [4.69, 9.17) is 9.47 Å². The van der Waals surface area contributed by atoms with E-state index in [2.05, 4.69) is 48.5 Å². The summed E-state index contributed by atoms with van der Waals surface area (Å²) in [6.07, 6.45) is 13.7. The molecule has 3 heteroatoms. The molecule has 35 heavy (non-hydrogen) atoms. The van der Waals surface area contributed by atoms with Gasteiger partial charge in [0.1, 0.15) is 6.10 Å². The number of rotatable bonds is 1. The molecule has 1 heterocycles. The van der Waals surface area contributed by atoms with E-state index in [9.17, 15) is 4.79 Å². The van der Waals surface area contributed by atoms with Gasteiger partial charge in [0.2, 0.25) is 0 Å². The fourth-order valence-electron chi connectivity index (χ4n) is 12.4. The summed E-state index contributed by atoms with van der Waals surface area (Å²) >= 11 is 0. The van der Waals surface area contributed by atoms with Crippen molar-refractivity contribution in [2.45, 2.75) is 132 Å². The quantitative estimate of drug-likeness (QED) is 0.356. The fraction of sp³-hybridized carbons (Fsp3) is 0.969. The number of carbonyl (C=O) groups excluding carboxylic acids is 1. The van der Waals surface area contributed by atoms with Crippen molar-refractivity contribution in [1.82, 2.24) is 0 Å². The van der Waals surface area contributed by atoms with Crippen molar-refractivity contribution in [2.24, 2.45) is 56.2 Å². The van der Waals surface area contributed by atoms with Crippen molar-refractivity contribution in [3.8, 4) is 0 Å². The Morgan fingerprint density at radius 1 is 0.771 bits per heavy atom. The summed E-state index contributed by atoms with van der Waals surface area (Å²) in [5.74, 6) is 2.88. The Morgan fingerprint density at radius 2 is 1.49 bits per heavy atom. The maximum atomic E-state index is 11.9. The van der Waals surface area contributed by atoms with Gasteiger partial charge in [-0.1, -0.05) is 48.5 Å². The average Bonchev–Trinajstić information content (AvgIpc) is 3.10. The normalized spacial score (nSPS) is 55.7. The standard InChI is InChI=1S/C32H52O3/c1-20(33)35-24-12-13-29(6)22(28(24,4)5)11-14-31(8)23(29)10-9-21-25-26-27(2,3)15-17-32(25,19-34-26)18-16-30(21,31)7/h21-26H,9-19H2,1-8H3/t21-,22-,23+,24-,25-,26-,29+,30+,31-,32-/m1/s1. The number of carbonyl (C=O) groups is 1. The fourth-order valence-corrected chi connectivity index (χ4v) is 12.4. The zero-order valence-electron chi connectivity index (χ0n) is 24.0. The molecule has 0 radical (unpaired) electrons. The highest BCUT2D eigenvalue weighted by Crippen LogP contribution is 2.78. The molecule has 2 bridgehead atoms. The molecule has 6 rings (SSSR count). The zero-order valence-corrected chi connectivity index (χ0v) is 24.0. The average molecular weight is 485 g/mol. The van der Waals surface area contributed by atoms with E-state index < -0.39 is 0 Å². The Kier molecular flexibility index (Phi) is 5.16. The lowest BCUT2D eigenvalue weighted by molar-refractivity contribution is -0.254. The second kappa shape index (κ2) is 7.29. The minimum atomic E-state index is -0.108. The van der Waals surface area contributed by atoms with Crippen LogP contribution in [-0.2, 0) is 14.3 Å². The highest BCUT2D eigenvalue weighted by atomic mass is 16.5. The lowest BCUT2D eigenvalue weighted by Gasteiger charge is -2.73. The second-order valence-corrected chi connectivity index (χ2v) is 16.2. The highest BCUT2D eigenvalue weighted by Gasteiger charge is 2.72. The van der Waals surface area contributed by atoms with Crippen molar-refractivity contribution in [3.05, 3.63) is 0 Å². The van der Waals surface area contributed by atoms with Gasteiger partial charge in [0.05, 0.1) is 12.7 Å². The molecule has 3 nitrogen and oxygen atoms in total. The van der Waals surface area contributed by atoms with Crippen molar-refractivity contribution >= 4 is 5.97 Å². The highest BCUT2D eigenvalue weighted by molar-refractivity contribution is 5.66. The van der Waals surface area contributed by atoms with Gasteiger partial charge >= 0.3 is 5.97 Å². The second-order valence-electron chi connectivity index (χ2n) is 16.2. The molecule has 0 aromatic rings. The van der Waals surface area contributed by atoms with E-state index in [0.29, 0.717) is 39.1 Å². The van der Waals surface area contributed by atoms with Gasteiger partial charge in [-0.2, -0.15) is 0 Å². The first-order chi connectivity index (χ1) is 16.2. The molecule has 6 aliphatic rings. The Morgan fingerprint density at radius 3 is 2.20 bits per heavy atom. The summed E-state index contributed by atoms with van der Waals surface area (Å²) in [4.78, 5) is 11.9. The van der Waals surface area contributed by atoms with Crippen LogP contribution in [0.3, 0.4) is 0 Å². The molecular formula is C32H52O3. The van der Waals surface area contributed by atoms with Gasteiger partial charge in [0, 0.05) is 12.3 Å². The first-order valence-corrected chi connectivity index (χ1v) is 15.0. The van der Waals surface area contributed by atoms with Crippen LogP contribution in [0.2, 0.25) is 0 Å². The predicted octanol–water partition coefficient (Wildman–Crippen LogP) is 7.81. The third-order valence-corrected chi connectivity index (χ3v) is 14.4. The molecule has 1 saturated heterocycles. The first-order valence-electron chi connectivity index (χ1n) is 15.0. The predicted molar refractivity (Wildman–Crippen MR) is 140 cm³/mol. The van der Waals surface area contributed by atoms with Crippen molar-refractivity contribution < 1.29 is 14.3 Å². The molecule has 0 spiro atoms. The van der Waals surface area contributed by atoms with Crippen LogP contribution in [0.5, 0.6) is 0 Å². The molecule has 0 unspecified atom stereocenters. The molecule has 198 valence electrons. The molecule has 10 atom stereocenters. The summed E-state index contributed by atoms with van der Waals surface area (Å²) in [5, 5.41) is 0. The van der Waals surface area contributed by atoms with Gasteiger partial charge in [-0.3, -0.25) is 4.79 Å². The molecule has 5 aliphatic carbocycles. The number of esters is 1. The third-order valence-electron chi connectivity index (χ3n) is 14.4. The number of hydrogen-bond acceptors (Lipinski definition) is 3. The topological polar surface area (TPSA) is 35.5 Å². The Balaban J connectivity index is 1.35. The molecule has 0 N–H and O–H groups in total. The monoisotopic (exact) mass is 484 g/mol. The first kappa shape index (κ1) is 24.7. The Hall–Kier alpha value is -0.570. The van der Waals surface area contributed by atoms with Crippen LogP contribution in [0.25, 0.3) is 0 Å². The van der Waals surface area contributed by atoms with Crippen LogP contribution in [-0.4, -0.2) is 24.8 Å². The van der Waals surface area contributed by atoms with E-state index in [-0.39, 0.29) is 17.5 Å². The van der Waals surface area contributed by atoms with Gasteiger partial charge in [0.15, 0.2) is 0 Å². The van der Waals surface area contributed by atoms with Crippen LogP contribution in [0.4, 0.5) is 0 Å². The van der Waals surface area contributed by atoms with Crippen LogP contribution in [0.1, 0.15) is 120 Å². The molecule has 0 amide bonds. The van der Waals surface area contributed by atoms with Gasteiger partial charge < -0.3 is 9.47 Å². The van der Waals surface area contributed by atoms with Crippen molar-refractivity contribution in [2.75, 3.05) is 6.61 Å². The zero-order chi connectivity index (χ0) is 25.2. The van der Waals surface area contributed by atoms with Crippen LogP contribution in [0, 0.1) is 56.2 Å². The smallest absolute Gasteiger partial charge is 0.302 e. The van der Waals surface area contributed by atoms with E-state index in [1.54, 1.807) is 6.92 Å². The Labute approximate surface area is 214 Å². The summed E-state index contributed by atoms with van der Waals surface area (Å²) in [6.45, 7) is 20.5. The van der Waals surface area contributed by atoms with E-state index in [1.807, 2.05) is 0 Å². The number of hydrogen-bond donors (Lipinski definition) is 0. The van der Waals surface area contributed by atoms with Gasteiger partial charge in [0.25, 0.3) is 0 Å². The third kappa shape index (κ3) is 2.97. The van der Waals surface area contributed by atoms with E-state index >= 15 is 0 Å². The molecule has 6 fully saturated rings. The van der Waals surface area contributed by atoms with Gasteiger partial charge in [-0.25, -0.2) is 0 Å². The lowest BCUT2D eigenvalue weighted by atomic mass is 9.31. The minimum absolute atomic E-state index is 0.0503. The summed E-state index contributed by atoms with van der Waals surface area (Å²) in [5.41, 5.74) is 2.00. The molecule has 0 aromatic heterocycles. The van der Waals surface area contributed by atoms with Crippen molar-refractivity contribution in [3.63, 3.8) is 0 Å². The summed E-state index contributed by atoms with van der Waals surface area (Å²) < 4.78 is 12.7. The van der Waals surface area contributed by atoms with Gasteiger partial charge in [-0.15, -0.1) is 0 Å². The summed E-state index contributed by atoms with van der Waals surface area (Å²) in [7, 11) is 0. The maximum absolute atomic E-state index is 11.9. The molecule has 0 aromatic carbocycles. The van der Waals surface area contributed by atoms with Crippen LogP contribution >= 0.6 is 0 Å². The largest absolute Gasteiger partial charge is 0.462 e. The SMILES string of the molecule is CC(=O)O[C@@H]1CC[C@@]2(C)[C@H](CC[C@]3(C)[C@H]2CC[C@@H]2[C@@H]4[C@H]5OC[C@@]4(CCC5(C)C)CC[C@@]23C)C1(C)C. The maximum Gasteiger partial charge on any atom is 0.302 e. The molecule has 1 aliphatic heterocycles. The molecule has 5 saturated carbocycles. The molecular weight excluding hydrogens is 432 g/mol. The number of fused-ring (bicyclic) bond motifs is 5. The Bertz CT molecular complexity index is 906.